The third-order valence-corrected chi connectivity index (χ3v) is 3.78. The second kappa shape index (κ2) is 7.74. The van der Waals surface area contributed by atoms with Gasteiger partial charge in [-0.15, -0.1) is 0 Å². The molecule has 1 rings (SSSR count). The van der Waals surface area contributed by atoms with E-state index in [4.69, 9.17) is 0 Å². The highest BCUT2D eigenvalue weighted by Gasteiger charge is 2.29. The summed E-state index contributed by atoms with van der Waals surface area (Å²) in [6.45, 7) is 9.29. The van der Waals surface area contributed by atoms with Gasteiger partial charge in [-0.25, -0.2) is 0 Å². The van der Waals surface area contributed by atoms with Crippen molar-refractivity contribution in [3.05, 3.63) is 0 Å². The molecule has 2 unspecified atom stereocenters. The van der Waals surface area contributed by atoms with Crippen LogP contribution in [0.15, 0.2) is 0 Å². The normalized spacial score (nSPS) is 22.4. The molecule has 0 bridgehead atoms. The third-order valence-electron chi connectivity index (χ3n) is 3.78. The second-order valence-corrected chi connectivity index (χ2v) is 5.65. The highest BCUT2D eigenvalue weighted by molar-refractivity contribution is 5.73. The average Bonchev–Trinajstić information content (AvgIpc) is 2.34. The van der Waals surface area contributed by atoms with Crippen LogP contribution in [0.2, 0.25) is 0 Å². The average molecular weight is 256 g/mol. The fourth-order valence-corrected chi connectivity index (χ4v) is 2.78. The van der Waals surface area contributed by atoms with Crippen LogP contribution in [0.3, 0.4) is 0 Å². The lowest BCUT2D eigenvalue weighted by molar-refractivity contribution is -0.144. The van der Waals surface area contributed by atoms with Crippen LogP contribution in [0.4, 0.5) is 0 Å². The first-order valence-corrected chi connectivity index (χ1v) is 7.25. The number of carbonyl (C=O) groups is 1. The molecule has 0 radical (unpaired) electrons. The van der Waals surface area contributed by atoms with Gasteiger partial charge in [-0.2, -0.15) is 0 Å². The van der Waals surface area contributed by atoms with Gasteiger partial charge in [0, 0.05) is 12.6 Å². The minimum absolute atomic E-state index is 0.291. The molecule has 0 spiro atoms. The van der Waals surface area contributed by atoms with Gasteiger partial charge in [0.1, 0.15) is 6.04 Å². The quantitative estimate of drug-likeness (QED) is 0.731. The third kappa shape index (κ3) is 4.58. The van der Waals surface area contributed by atoms with Crippen LogP contribution in [0, 0.1) is 5.92 Å². The molecule has 1 aliphatic rings. The first kappa shape index (κ1) is 15.4. The Balaban J connectivity index is 2.63. The van der Waals surface area contributed by atoms with Gasteiger partial charge < -0.3 is 10.4 Å². The molecule has 0 aliphatic carbocycles. The topological polar surface area (TPSA) is 52.6 Å². The summed E-state index contributed by atoms with van der Waals surface area (Å²) in [6, 6.07) is -0.0310. The summed E-state index contributed by atoms with van der Waals surface area (Å²) in [4.78, 5) is 13.6. The minimum atomic E-state index is -0.672. The predicted octanol–water partition coefficient (Wildman–Crippen LogP) is 1.95. The van der Waals surface area contributed by atoms with E-state index in [2.05, 4.69) is 31.0 Å². The van der Waals surface area contributed by atoms with Crippen LogP contribution in [0.1, 0.15) is 46.5 Å². The molecule has 2 atom stereocenters. The summed E-state index contributed by atoms with van der Waals surface area (Å²) in [5.74, 6) is -0.0748. The lowest BCUT2D eigenvalue weighted by atomic mass is 9.97. The van der Waals surface area contributed by atoms with Crippen LogP contribution in [0.25, 0.3) is 0 Å². The predicted molar refractivity (Wildman–Crippen MR) is 73.8 cm³/mol. The van der Waals surface area contributed by atoms with Gasteiger partial charge in [-0.3, -0.25) is 9.69 Å². The molecule has 1 fully saturated rings. The summed E-state index contributed by atoms with van der Waals surface area (Å²) in [5.41, 5.74) is 0. The number of nitrogens with zero attached hydrogens (tertiary/aromatic N) is 1. The minimum Gasteiger partial charge on any atom is -0.480 e. The van der Waals surface area contributed by atoms with E-state index in [1.165, 1.54) is 12.8 Å². The van der Waals surface area contributed by atoms with E-state index >= 15 is 0 Å². The molecule has 1 heterocycles. The van der Waals surface area contributed by atoms with E-state index in [1.807, 2.05) is 0 Å². The van der Waals surface area contributed by atoms with Crippen LogP contribution >= 0.6 is 0 Å². The Bertz CT molecular complexity index is 250. The largest absolute Gasteiger partial charge is 0.480 e. The lowest BCUT2D eigenvalue weighted by Gasteiger charge is -2.36. The van der Waals surface area contributed by atoms with E-state index in [1.54, 1.807) is 0 Å². The number of carboxylic acid groups (broad SMARTS) is 1. The standard InChI is InChI=1S/C14H28N2O2/c1-4-6-13(14(17)18)16(11(2)3)10-12-7-5-8-15-9-12/h11-13,15H,4-10H2,1-3H3,(H,17,18). The molecule has 2 N–H and O–H groups in total. The number of nitrogens with one attached hydrogen (secondary N) is 1. The molecule has 0 amide bonds. The van der Waals surface area contributed by atoms with E-state index in [9.17, 15) is 9.90 Å². The number of carboxylic acids is 1. The first-order chi connectivity index (χ1) is 8.56. The van der Waals surface area contributed by atoms with Crippen molar-refractivity contribution in [2.24, 2.45) is 5.92 Å². The molecular weight excluding hydrogens is 228 g/mol. The summed E-state index contributed by atoms with van der Waals surface area (Å²) in [7, 11) is 0. The molecule has 1 aliphatic heterocycles. The molecule has 4 nitrogen and oxygen atoms in total. The Morgan fingerprint density at radius 1 is 1.50 bits per heavy atom. The molecule has 0 aromatic heterocycles. The van der Waals surface area contributed by atoms with Gasteiger partial charge in [0.05, 0.1) is 0 Å². The van der Waals surface area contributed by atoms with Gasteiger partial charge in [0.2, 0.25) is 0 Å². The molecule has 1 saturated heterocycles. The summed E-state index contributed by atoms with van der Waals surface area (Å²) >= 11 is 0. The summed E-state index contributed by atoms with van der Waals surface area (Å²) in [5, 5.41) is 12.8. The van der Waals surface area contributed by atoms with Crippen molar-refractivity contribution in [2.75, 3.05) is 19.6 Å². The highest BCUT2D eigenvalue weighted by atomic mass is 16.4. The number of rotatable bonds is 7. The Kier molecular flexibility index (Phi) is 6.65. The number of hydrogen-bond acceptors (Lipinski definition) is 3. The smallest absolute Gasteiger partial charge is 0.320 e. The molecule has 0 aromatic rings. The maximum absolute atomic E-state index is 11.4. The lowest BCUT2D eigenvalue weighted by Crippen LogP contribution is -2.49. The van der Waals surface area contributed by atoms with Gasteiger partial charge in [-0.1, -0.05) is 13.3 Å². The van der Waals surface area contributed by atoms with Crippen LogP contribution in [-0.4, -0.2) is 47.7 Å². The van der Waals surface area contributed by atoms with Crippen molar-refractivity contribution >= 4 is 5.97 Å². The van der Waals surface area contributed by atoms with Crippen molar-refractivity contribution in [1.29, 1.82) is 0 Å². The molecular formula is C14H28N2O2. The molecule has 4 heteroatoms. The van der Waals surface area contributed by atoms with E-state index < -0.39 is 5.97 Å². The molecule has 0 aromatic carbocycles. The Labute approximate surface area is 111 Å². The summed E-state index contributed by atoms with van der Waals surface area (Å²) < 4.78 is 0. The van der Waals surface area contributed by atoms with Gasteiger partial charge in [0.25, 0.3) is 0 Å². The first-order valence-electron chi connectivity index (χ1n) is 7.25. The highest BCUT2D eigenvalue weighted by Crippen LogP contribution is 2.18. The zero-order valence-electron chi connectivity index (χ0n) is 12.0. The Hall–Kier alpha value is -0.610. The van der Waals surface area contributed by atoms with Crippen molar-refractivity contribution in [3.8, 4) is 0 Å². The van der Waals surface area contributed by atoms with E-state index in [-0.39, 0.29) is 6.04 Å². The van der Waals surface area contributed by atoms with Crippen molar-refractivity contribution in [1.82, 2.24) is 10.2 Å². The monoisotopic (exact) mass is 256 g/mol. The Morgan fingerprint density at radius 2 is 2.22 bits per heavy atom. The number of aliphatic carboxylic acids is 1. The van der Waals surface area contributed by atoms with E-state index in [0.717, 1.165) is 32.5 Å². The van der Waals surface area contributed by atoms with Gasteiger partial charge >= 0.3 is 5.97 Å². The fourth-order valence-electron chi connectivity index (χ4n) is 2.78. The van der Waals surface area contributed by atoms with Crippen LogP contribution in [-0.2, 0) is 4.79 Å². The van der Waals surface area contributed by atoms with Gasteiger partial charge in [-0.05, 0) is 52.1 Å². The van der Waals surface area contributed by atoms with Crippen molar-refractivity contribution in [3.63, 3.8) is 0 Å². The van der Waals surface area contributed by atoms with E-state index in [0.29, 0.717) is 12.0 Å². The second-order valence-electron chi connectivity index (χ2n) is 5.65. The number of piperidine rings is 1. The van der Waals surface area contributed by atoms with Crippen molar-refractivity contribution < 1.29 is 9.90 Å². The molecule has 0 saturated carbocycles. The summed E-state index contributed by atoms with van der Waals surface area (Å²) in [6.07, 6.45) is 4.09. The Morgan fingerprint density at radius 3 is 2.67 bits per heavy atom. The molecule has 106 valence electrons. The van der Waals surface area contributed by atoms with Crippen LogP contribution in [0.5, 0.6) is 0 Å². The maximum atomic E-state index is 11.4. The number of hydrogen-bond donors (Lipinski definition) is 2. The van der Waals surface area contributed by atoms with Crippen LogP contribution < -0.4 is 5.32 Å². The zero-order valence-corrected chi connectivity index (χ0v) is 12.0. The fraction of sp³-hybridized carbons (Fsp3) is 0.929. The molecule has 18 heavy (non-hydrogen) atoms. The SMILES string of the molecule is CCCC(C(=O)O)N(CC1CCCNC1)C(C)C. The maximum Gasteiger partial charge on any atom is 0.320 e. The zero-order chi connectivity index (χ0) is 13.5. The van der Waals surface area contributed by atoms with Crippen molar-refractivity contribution in [2.45, 2.75) is 58.5 Å². The van der Waals surface area contributed by atoms with Gasteiger partial charge in [0.15, 0.2) is 0 Å².